The Morgan fingerprint density at radius 3 is 2.04 bits per heavy atom. The molecule has 0 unspecified atom stereocenters. The van der Waals surface area contributed by atoms with Crippen molar-refractivity contribution in [3.8, 4) is 0 Å². The summed E-state index contributed by atoms with van der Waals surface area (Å²) in [5.74, 6) is -0.823. The maximum Gasteiger partial charge on any atom is 0.315 e. The number of hydrogen-bond donors (Lipinski definition) is 0. The van der Waals surface area contributed by atoms with Gasteiger partial charge in [0.05, 0.1) is 20.3 Å². The summed E-state index contributed by atoms with van der Waals surface area (Å²) in [6, 6.07) is 0. The molecule has 2 fully saturated rings. The van der Waals surface area contributed by atoms with E-state index in [-0.39, 0.29) is 49.9 Å². The van der Waals surface area contributed by atoms with Crippen LogP contribution in [0.4, 0.5) is 0 Å². The summed E-state index contributed by atoms with van der Waals surface area (Å²) in [7, 11) is 1.27. The van der Waals surface area contributed by atoms with E-state index >= 15 is 0 Å². The smallest absolute Gasteiger partial charge is 0.315 e. The molecule has 0 spiro atoms. The third kappa shape index (κ3) is 4.11. The fourth-order valence-electron chi connectivity index (χ4n) is 3.21. The predicted octanol–water partition coefficient (Wildman–Crippen LogP) is -0.394. The van der Waals surface area contributed by atoms with Gasteiger partial charge >= 0.3 is 5.97 Å². The molecule has 0 N–H and O–H groups in total. The first-order valence-electron chi connectivity index (χ1n) is 8.09. The van der Waals surface area contributed by atoms with E-state index in [1.165, 1.54) is 18.9 Å². The maximum absolute atomic E-state index is 12.2. The molecule has 0 radical (unpaired) electrons. The largest absolute Gasteiger partial charge is 0.468 e. The van der Waals surface area contributed by atoms with Crippen LogP contribution < -0.4 is 0 Å². The Balaban J connectivity index is 1.81. The molecule has 134 valence electrons. The Morgan fingerprint density at radius 2 is 1.54 bits per heavy atom. The number of ether oxygens (including phenoxy) is 2. The Labute approximate surface area is 141 Å². The van der Waals surface area contributed by atoms with E-state index in [0.29, 0.717) is 26.3 Å². The van der Waals surface area contributed by atoms with Gasteiger partial charge in [-0.1, -0.05) is 0 Å². The molecule has 8 nitrogen and oxygen atoms in total. The van der Waals surface area contributed by atoms with Crippen molar-refractivity contribution < 1.29 is 28.7 Å². The van der Waals surface area contributed by atoms with Crippen molar-refractivity contribution in [2.75, 3.05) is 46.5 Å². The predicted molar refractivity (Wildman–Crippen MR) is 83.0 cm³/mol. The molecule has 8 heteroatoms. The van der Waals surface area contributed by atoms with Gasteiger partial charge in [0.25, 0.3) is 0 Å². The van der Waals surface area contributed by atoms with Crippen LogP contribution in [0.2, 0.25) is 0 Å². The highest BCUT2D eigenvalue weighted by Crippen LogP contribution is 2.36. The van der Waals surface area contributed by atoms with Crippen molar-refractivity contribution in [3.05, 3.63) is 0 Å². The van der Waals surface area contributed by atoms with E-state index in [1.807, 2.05) is 0 Å². The summed E-state index contributed by atoms with van der Waals surface area (Å²) >= 11 is 0. The average molecular weight is 340 g/mol. The molecule has 2 rings (SSSR count). The van der Waals surface area contributed by atoms with E-state index in [2.05, 4.69) is 0 Å². The highest BCUT2D eigenvalue weighted by atomic mass is 16.5. The number of esters is 1. The molecule has 2 amide bonds. The highest BCUT2D eigenvalue weighted by molar-refractivity contribution is 5.90. The number of nitrogens with zero attached hydrogens (tertiary/aromatic N) is 2. The summed E-state index contributed by atoms with van der Waals surface area (Å²) < 4.78 is 9.95. The molecule has 0 saturated carbocycles. The third-order valence-electron chi connectivity index (χ3n) is 4.46. The van der Waals surface area contributed by atoms with Gasteiger partial charge in [0.2, 0.25) is 11.8 Å². The van der Waals surface area contributed by atoms with Crippen LogP contribution in [0.15, 0.2) is 0 Å². The van der Waals surface area contributed by atoms with Crippen LogP contribution >= 0.6 is 0 Å². The average Bonchev–Trinajstić information content (AvgIpc) is 2.55. The summed E-state index contributed by atoms with van der Waals surface area (Å²) in [6.07, 6.45) is 0.316. The number of carbonyl (C=O) groups is 4. The lowest BCUT2D eigenvalue weighted by molar-refractivity contribution is -0.171. The molecule has 0 aromatic heterocycles. The molecular formula is C16H24N2O6. The summed E-state index contributed by atoms with van der Waals surface area (Å²) in [6.45, 7) is 3.92. The highest BCUT2D eigenvalue weighted by Gasteiger charge is 2.52. The molecule has 0 atom stereocenters. The monoisotopic (exact) mass is 340 g/mol. The molecule has 2 heterocycles. The number of morpholine rings is 1. The van der Waals surface area contributed by atoms with Gasteiger partial charge in [-0.15, -0.1) is 0 Å². The number of rotatable bonds is 6. The van der Waals surface area contributed by atoms with Gasteiger partial charge in [-0.3, -0.25) is 19.2 Å². The fraction of sp³-hybridized carbons (Fsp3) is 0.750. The van der Waals surface area contributed by atoms with Crippen LogP contribution in [0.5, 0.6) is 0 Å². The van der Waals surface area contributed by atoms with Crippen LogP contribution in [0.25, 0.3) is 0 Å². The first-order valence-corrected chi connectivity index (χ1v) is 8.09. The van der Waals surface area contributed by atoms with E-state index < -0.39 is 11.4 Å². The van der Waals surface area contributed by atoms with Crippen molar-refractivity contribution in [2.45, 2.75) is 26.2 Å². The molecule has 0 bridgehead atoms. The molecular weight excluding hydrogens is 316 g/mol. The van der Waals surface area contributed by atoms with Crippen molar-refractivity contribution in [1.29, 1.82) is 0 Å². The number of methoxy groups -OCH3 is 1. The number of amides is 2. The minimum absolute atomic E-state index is 0.0601. The molecule has 24 heavy (non-hydrogen) atoms. The normalized spacial score (nSPS) is 19.4. The molecule has 0 aliphatic carbocycles. The molecule has 0 aromatic rings. The van der Waals surface area contributed by atoms with Gasteiger partial charge in [-0.2, -0.15) is 0 Å². The van der Waals surface area contributed by atoms with E-state index in [9.17, 15) is 19.2 Å². The second kappa shape index (κ2) is 7.74. The maximum atomic E-state index is 12.2. The number of ketones is 1. The zero-order valence-electron chi connectivity index (χ0n) is 14.2. The van der Waals surface area contributed by atoms with Gasteiger partial charge in [0, 0.05) is 45.4 Å². The summed E-state index contributed by atoms with van der Waals surface area (Å²) in [5, 5.41) is 0. The number of hydrogen-bond acceptors (Lipinski definition) is 6. The van der Waals surface area contributed by atoms with E-state index in [0.717, 1.165) is 0 Å². The number of Topliss-reactive ketones (excluding diaryl/α,β-unsaturated/α-hetero) is 1. The topological polar surface area (TPSA) is 93.2 Å². The van der Waals surface area contributed by atoms with E-state index in [1.54, 1.807) is 4.90 Å². The molecule has 2 aliphatic heterocycles. The minimum atomic E-state index is -0.926. The Bertz CT molecular complexity index is 521. The van der Waals surface area contributed by atoms with Crippen LogP contribution in [0, 0.1) is 5.41 Å². The first-order chi connectivity index (χ1) is 11.4. The lowest BCUT2D eigenvalue weighted by Crippen LogP contribution is -2.63. The number of carbonyl (C=O) groups excluding carboxylic acids is 4. The quantitative estimate of drug-likeness (QED) is 0.611. The lowest BCUT2D eigenvalue weighted by atomic mass is 9.75. The Hall–Kier alpha value is -1.96. The summed E-state index contributed by atoms with van der Waals surface area (Å²) in [5.41, 5.74) is -0.926. The first kappa shape index (κ1) is 18.4. The van der Waals surface area contributed by atoms with E-state index in [4.69, 9.17) is 9.47 Å². The SMILES string of the molecule is COC(=O)C1(CC(C)=O)CN(C(=O)CCC(=O)N2CCOCC2)C1. The Morgan fingerprint density at radius 1 is 1.00 bits per heavy atom. The molecule has 2 saturated heterocycles. The molecule has 0 aromatic carbocycles. The van der Waals surface area contributed by atoms with Gasteiger partial charge in [0.1, 0.15) is 11.2 Å². The van der Waals surface area contributed by atoms with Crippen molar-refractivity contribution in [2.24, 2.45) is 5.41 Å². The third-order valence-corrected chi connectivity index (χ3v) is 4.46. The lowest BCUT2D eigenvalue weighted by Gasteiger charge is -2.47. The zero-order valence-corrected chi connectivity index (χ0v) is 14.2. The molecule has 2 aliphatic rings. The van der Waals surface area contributed by atoms with Gasteiger partial charge < -0.3 is 19.3 Å². The second-order valence-electron chi connectivity index (χ2n) is 6.39. The van der Waals surface area contributed by atoms with Crippen molar-refractivity contribution in [1.82, 2.24) is 9.80 Å². The Kier molecular flexibility index (Phi) is 5.93. The zero-order chi connectivity index (χ0) is 17.7. The van der Waals surface area contributed by atoms with Crippen LogP contribution in [0.3, 0.4) is 0 Å². The van der Waals surface area contributed by atoms with Gasteiger partial charge in [-0.05, 0) is 6.92 Å². The van der Waals surface area contributed by atoms with Gasteiger partial charge in [-0.25, -0.2) is 0 Å². The fourth-order valence-corrected chi connectivity index (χ4v) is 3.21. The van der Waals surface area contributed by atoms with Gasteiger partial charge in [0.15, 0.2) is 0 Å². The second-order valence-corrected chi connectivity index (χ2v) is 6.39. The van der Waals surface area contributed by atoms with Crippen molar-refractivity contribution >= 4 is 23.6 Å². The summed E-state index contributed by atoms with van der Waals surface area (Å²) in [4.78, 5) is 50.7. The minimum Gasteiger partial charge on any atom is -0.468 e. The van der Waals surface area contributed by atoms with Crippen LogP contribution in [-0.4, -0.2) is 79.9 Å². The van der Waals surface area contributed by atoms with Crippen molar-refractivity contribution in [3.63, 3.8) is 0 Å². The standard InChI is InChI=1S/C16H24N2O6/c1-12(19)9-16(15(22)23-2)10-18(11-16)14(21)4-3-13(20)17-5-7-24-8-6-17/h3-11H2,1-2H3. The van der Waals surface area contributed by atoms with Crippen LogP contribution in [-0.2, 0) is 28.7 Å². The van der Waals surface area contributed by atoms with Crippen LogP contribution in [0.1, 0.15) is 26.2 Å². The number of likely N-dealkylation sites (tertiary alicyclic amines) is 1.